The van der Waals surface area contributed by atoms with Crippen LogP contribution < -0.4 is 10.1 Å². The van der Waals surface area contributed by atoms with E-state index in [1.165, 1.54) is 19.2 Å². The third kappa shape index (κ3) is 4.26. The van der Waals surface area contributed by atoms with E-state index < -0.39 is 23.8 Å². The van der Waals surface area contributed by atoms with E-state index in [1.807, 2.05) is 0 Å². The number of methoxy groups -OCH3 is 1. The zero-order valence-electron chi connectivity index (χ0n) is 12.8. The highest BCUT2D eigenvalue weighted by Crippen LogP contribution is 2.30. The predicted octanol–water partition coefficient (Wildman–Crippen LogP) is 3.18. The van der Waals surface area contributed by atoms with Gasteiger partial charge in [-0.05, 0) is 29.8 Å². The van der Waals surface area contributed by atoms with E-state index in [0.29, 0.717) is 5.75 Å². The lowest BCUT2D eigenvalue weighted by atomic mass is 10.1. The lowest BCUT2D eigenvalue weighted by Crippen LogP contribution is -2.28. The van der Waals surface area contributed by atoms with Crippen LogP contribution in [0.2, 0.25) is 0 Å². The fraction of sp³-hybridized carbons (Fsp3) is 0.235. The van der Waals surface area contributed by atoms with Crippen LogP contribution in [0.4, 0.5) is 13.2 Å². The van der Waals surface area contributed by atoms with Gasteiger partial charge in [-0.15, -0.1) is 0 Å². The Balaban J connectivity index is 2.05. The zero-order valence-corrected chi connectivity index (χ0v) is 12.8. The fourth-order valence-corrected chi connectivity index (χ4v) is 2.16. The van der Waals surface area contributed by atoms with E-state index >= 15 is 0 Å². The average Bonchev–Trinajstić information content (AvgIpc) is 2.58. The maximum Gasteiger partial charge on any atom is 0.416 e. The number of nitrogens with one attached hydrogen (secondary N) is 1. The molecule has 0 fully saturated rings. The van der Waals surface area contributed by atoms with Gasteiger partial charge in [-0.3, -0.25) is 4.79 Å². The van der Waals surface area contributed by atoms with Crippen LogP contribution in [0.1, 0.15) is 27.6 Å². The van der Waals surface area contributed by atoms with Crippen molar-refractivity contribution < 1.29 is 27.8 Å². The Kier molecular flexibility index (Phi) is 5.46. The molecule has 0 saturated carbocycles. The Bertz CT molecular complexity index is 716. The summed E-state index contributed by atoms with van der Waals surface area (Å²) >= 11 is 0. The monoisotopic (exact) mass is 339 g/mol. The summed E-state index contributed by atoms with van der Waals surface area (Å²) in [6.07, 6.45) is -5.75. The van der Waals surface area contributed by atoms with Crippen LogP contribution in [0.5, 0.6) is 5.75 Å². The summed E-state index contributed by atoms with van der Waals surface area (Å²) < 4.78 is 43.1. The summed E-state index contributed by atoms with van der Waals surface area (Å²) in [5.41, 5.74) is -0.503. The number of para-hydroxylation sites is 1. The van der Waals surface area contributed by atoms with Crippen LogP contribution in [0.3, 0.4) is 0 Å². The molecule has 0 bridgehead atoms. The average molecular weight is 339 g/mol. The molecule has 1 amide bonds. The molecule has 128 valence electrons. The van der Waals surface area contributed by atoms with Crippen LogP contribution >= 0.6 is 0 Å². The Labute approximate surface area is 136 Å². The van der Waals surface area contributed by atoms with Crippen LogP contribution in [0.25, 0.3) is 0 Å². The van der Waals surface area contributed by atoms with E-state index in [2.05, 4.69) is 5.32 Å². The minimum atomic E-state index is -4.49. The second-order valence-electron chi connectivity index (χ2n) is 5.05. The third-order valence-corrected chi connectivity index (χ3v) is 3.41. The molecule has 0 spiro atoms. The number of halogens is 3. The molecule has 0 heterocycles. The number of ether oxygens (including phenoxy) is 1. The highest BCUT2D eigenvalue weighted by molar-refractivity contribution is 5.96. The number of benzene rings is 2. The molecule has 1 atom stereocenters. The number of hydrogen-bond donors (Lipinski definition) is 2. The number of alkyl halides is 3. The molecule has 0 radical (unpaired) electrons. The maximum atomic E-state index is 12.7. The first-order valence-corrected chi connectivity index (χ1v) is 7.09. The standard InChI is InChI=1S/C17H16F3NO3/c1-24-15-8-3-2-7-13(15)16(23)21-10-14(22)11-5-4-6-12(9-11)17(18,19)20/h2-9,14,22H,10H2,1H3,(H,21,23)/t14-/m0/s1. The van der Waals surface area contributed by atoms with Gasteiger partial charge in [0.05, 0.1) is 24.3 Å². The molecule has 0 aliphatic heterocycles. The maximum absolute atomic E-state index is 12.7. The van der Waals surface area contributed by atoms with Crippen LogP contribution in [-0.2, 0) is 6.18 Å². The summed E-state index contributed by atoms with van der Waals surface area (Å²) in [5, 5.41) is 12.5. The van der Waals surface area contributed by atoms with Gasteiger partial charge >= 0.3 is 6.18 Å². The molecule has 0 saturated heterocycles. The van der Waals surface area contributed by atoms with Gasteiger partial charge < -0.3 is 15.2 Å². The molecule has 4 nitrogen and oxygen atoms in total. The first kappa shape index (κ1) is 17.8. The number of carbonyl (C=O) groups excluding carboxylic acids is 1. The Hall–Kier alpha value is -2.54. The van der Waals surface area contributed by atoms with Crippen molar-refractivity contribution in [1.29, 1.82) is 0 Å². The normalized spacial score (nSPS) is 12.5. The predicted molar refractivity (Wildman–Crippen MR) is 81.7 cm³/mol. The minimum absolute atomic E-state index is 0.0742. The highest BCUT2D eigenvalue weighted by Gasteiger charge is 2.30. The smallest absolute Gasteiger partial charge is 0.416 e. The van der Waals surface area contributed by atoms with Gasteiger partial charge in [-0.1, -0.05) is 24.3 Å². The lowest BCUT2D eigenvalue weighted by molar-refractivity contribution is -0.137. The van der Waals surface area contributed by atoms with Gasteiger partial charge in [0.15, 0.2) is 0 Å². The summed E-state index contributed by atoms with van der Waals surface area (Å²) in [6.45, 7) is -0.224. The van der Waals surface area contributed by atoms with Gasteiger partial charge in [-0.2, -0.15) is 13.2 Å². The van der Waals surface area contributed by atoms with E-state index in [-0.39, 0.29) is 17.7 Å². The first-order valence-electron chi connectivity index (χ1n) is 7.09. The van der Waals surface area contributed by atoms with E-state index in [0.717, 1.165) is 12.1 Å². The molecule has 2 aromatic rings. The van der Waals surface area contributed by atoms with Crippen molar-refractivity contribution in [3.63, 3.8) is 0 Å². The topological polar surface area (TPSA) is 58.6 Å². The molecule has 0 aromatic heterocycles. The van der Waals surface area contributed by atoms with Crippen molar-refractivity contribution in [3.05, 3.63) is 65.2 Å². The van der Waals surface area contributed by atoms with Crippen molar-refractivity contribution in [2.75, 3.05) is 13.7 Å². The second-order valence-corrected chi connectivity index (χ2v) is 5.05. The number of rotatable bonds is 5. The van der Waals surface area contributed by atoms with Crippen molar-refractivity contribution >= 4 is 5.91 Å². The van der Waals surface area contributed by atoms with Crippen molar-refractivity contribution in [2.45, 2.75) is 12.3 Å². The Morgan fingerprint density at radius 3 is 2.58 bits per heavy atom. The lowest BCUT2D eigenvalue weighted by Gasteiger charge is -2.15. The van der Waals surface area contributed by atoms with Crippen molar-refractivity contribution in [3.8, 4) is 5.75 Å². The SMILES string of the molecule is COc1ccccc1C(=O)NC[C@H](O)c1cccc(C(F)(F)F)c1. The van der Waals surface area contributed by atoms with Crippen LogP contribution in [-0.4, -0.2) is 24.7 Å². The molecule has 0 aliphatic carbocycles. The summed E-state index contributed by atoms with van der Waals surface area (Å²) in [4.78, 5) is 12.1. The number of aliphatic hydroxyl groups excluding tert-OH is 1. The van der Waals surface area contributed by atoms with E-state index in [1.54, 1.807) is 24.3 Å². The number of hydrogen-bond acceptors (Lipinski definition) is 3. The van der Waals surface area contributed by atoms with E-state index in [9.17, 15) is 23.1 Å². The molecule has 2 aromatic carbocycles. The zero-order chi connectivity index (χ0) is 17.7. The molecule has 24 heavy (non-hydrogen) atoms. The van der Waals surface area contributed by atoms with E-state index in [4.69, 9.17) is 4.74 Å². The number of aliphatic hydroxyl groups is 1. The van der Waals surface area contributed by atoms with Gasteiger partial charge in [0, 0.05) is 6.54 Å². The molecule has 7 heteroatoms. The second kappa shape index (κ2) is 7.35. The summed E-state index contributed by atoms with van der Waals surface area (Å²) in [6, 6.07) is 10.9. The number of carbonyl (C=O) groups is 1. The van der Waals surface area contributed by atoms with Crippen LogP contribution in [0.15, 0.2) is 48.5 Å². The molecule has 0 unspecified atom stereocenters. The number of amides is 1. The van der Waals surface area contributed by atoms with Gasteiger partial charge in [-0.25, -0.2) is 0 Å². The van der Waals surface area contributed by atoms with Crippen LogP contribution in [0, 0.1) is 0 Å². The highest BCUT2D eigenvalue weighted by atomic mass is 19.4. The first-order chi connectivity index (χ1) is 11.3. The largest absolute Gasteiger partial charge is 0.496 e. The molecule has 2 rings (SSSR count). The minimum Gasteiger partial charge on any atom is -0.496 e. The molecular formula is C17H16F3NO3. The van der Waals surface area contributed by atoms with Gasteiger partial charge in [0.1, 0.15) is 5.75 Å². The quantitative estimate of drug-likeness (QED) is 0.880. The molecule has 2 N–H and O–H groups in total. The molecule has 0 aliphatic rings. The summed E-state index contributed by atoms with van der Waals surface area (Å²) in [5.74, 6) is -0.123. The van der Waals surface area contributed by atoms with Crippen molar-refractivity contribution in [2.24, 2.45) is 0 Å². The summed E-state index contributed by atoms with van der Waals surface area (Å²) in [7, 11) is 1.42. The fourth-order valence-electron chi connectivity index (χ4n) is 2.16. The third-order valence-electron chi connectivity index (χ3n) is 3.41. The van der Waals surface area contributed by atoms with Gasteiger partial charge in [0.25, 0.3) is 5.91 Å². The van der Waals surface area contributed by atoms with Crippen molar-refractivity contribution in [1.82, 2.24) is 5.32 Å². The Morgan fingerprint density at radius 2 is 1.92 bits per heavy atom. The van der Waals surface area contributed by atoms with Gasteiger partial charge in [0.2, 0.25) is 0 Å². The molecular weight excluding hydrogens is 323 g/mol. The Morgan fingerprint density at radius 1 is 1.21 bits per heavy atom.